The van der Waals surface area contributed by atoms with Crippen molar-refractivity contribution < 1.29 is 9.47 Å². The highest BCUT2D eigenvalue weighted by molar-refractivity contribution is 5.84. The summed E-state index contributed by atoms with van der Waals surface area (Å²) >= 11 is 0. The Morgan fingerprint density at radius 2 is 1.88 bits per heavy atom. The molecule has 2 aromatic heterocycles. The van der Waals surface area contributed by atoms with Crippen LogP contribution in [0.15, 0.2) is 30.3 Å². The molecule has 0 saturated heterocycles. The molecule has 1 aliphatic carbocycles. The van der Waals surface area contributed by atoms with E-state index in [4.69, 9.17) is 14.5 Å². The van der Waals surface area contributed by atoms with Crippen molar-refractivity contribution in [3.63, 3.8) is 0 Å². The zero-order valence-electron chi connectivity index (χ0n) is 14.2. The van der Waals surface area contributed by atoms with Crippen molar-refractivity contribution in [3.05, 3.63) is 36.2 Å². The summed E-state index contributed by atoms with van der Waals surface area (Å²) in [5.74, 6) is 3.26. The van der Waals surface area contributed by atoms with Gasteiger partial charge in [-0.05, 0) is 30.9 Å². The van der Waals surface area contributed by atoms with E-state index in [0.29, 0.717) is 5.88 Å². The second kappa shape index (κ2) is 5.82. The van der Waals surface area contributed by atoms with Crippen LogP contribution in [0.3, 0.4) is 0 Å². The van der Waals surface area contributed by atoms with Crippen LogP contribution in [0.2, 0.25) is 0 Å². The monoisotopic (exact) mass is 323 g/mol. The first kappa shape index (κ1) is 15.0. The molecule has 1 aliphatic rings. The summed E-state index contributed by atoms with van der Waals surface area (Å²) in [6.07, 6.45) is 3.65. The normalized spacial score (nSPS) is 14.1. The van der Waals surface area contributed by atoms with Gasteiger partial charge in [0.25, 0.3) is 0 Å². The molecule has 24 heavy (non-hydrogen) atoms. The van der Waals surface area contributed by atoms with Gasteiger partial charge in [-0.3, -0.25) is 0 Å². The minimum atomic E-state index is 0.572. The highest BCUT2D eigenvalue weighted by Gasteiger charge is 2.25. The largest absolute Gasteiger partial charge is 0.496 e. The van der Waals surface area contributed by atoms with Gasteiger partial charge in [0.05, 0.1) is 19.7 Å². The maximum absolute atomic E-state index is 5.53. The molecule has 1 saturated carbocycles. The van der Waals surface area contributed by atoms with Crippen molar-refractivity contribution in [1.82, 2.24) is 14.5 Å². The summed E-state index contributed by atoms with van der Waals surface area (Å²) < 4.78 is 13.2. The molecule has 4 rings (SSSR count). The molecule has 5 nitrogen and oxygen atoms in total. The lowest BCUT2D eigenvalue weighted by Crippen LogP contribution is -1.99. The third-order valence-corrected chi connectivity index (χ3v) is 4.69. The highest BCUT2D eigenvalue weighted by Crippen LogP contribution is 2.38. The van der Waals surface area contributed by atoms with Crippen LogP contribution in [0.5, 0.6) is 11.6 Å². The number of aryl methyl sites for hydroxylation is 1. The Labute approximate surface area is 141 Å². The molecule has 5 heteroatoms. The molecule has 0 bridgehead atoms. The molecule has 0 N–H and O–H groups in total. The van der Waals surface area contributed by atoms with E-state index in [2.05, 4.69) is 22.7 Å². The summed E-state index contributed by atoms with van der Waals surface area (Å²) in [6.45, 7) is 0. The zero-order valence-corrected chi connectivity index (χ0v) is 14.2. The predicted octanol–water partition coefficient (Wildman–Crippen LogP) is 3.61. The topological polar surface area (TPSA) is 49.2 Å². The molecule has 0 amide bonds. The van der Waals surface area contributed by atoms with Gasteiger partial charge in [-0.1, -0.05) is 18.2 Å². The van der Waals surface area contributed by atoms with Crippen LogP contribution >= 0.6 is 0 Å². The SMILES string of the molecule is COc1ccccc1-c1cc2c(nc1OC)nc(CC1CC1)n2C. The van der Waals surface area contributed by atoms with Crippen molar-refractivity contribution in [1.29, 1.82) is 0 Å². The number of pyridine rings is 1. The maximum Gasteiger partial charge on any atom is 0.223 e. The van der Waals surface area contributed by atoms with Gasteiger partial charge in [-0.15, -0.1) is 0 Å². The van der Waals surface area contributed by atoms with Gasteiger partial charge in [0, 0.05) is 24.6 Å². The number of para-hydroxylation sites is 1. The number of hydrogen-bond acceptors (Lipinski definition) is 4. The molecular weight excluding hydrogens is 302 g/mol. The van der Waals surface area contributed by atoms with Crippen LogP contribution < -0.4 is 9.47 Å². The smallest absolute Gasteiger partial charge is 0.223 e. The predicted molar refractivity (Wildman–Crippen MR) is 93.5 cm³/mol. The summed E-state index contributed by atoms with van der Waals surface area (Å²) in [6, 6.07) is 10.0. The molecule has 1 aromatic carbocycles. The Balaban J connectivity index is 1.89. The van der Waals surface area contributed by atoms with E-state index in [-0.39, 0.29) is 0 Å². The fraction of sp³-hybridized carbons (Fsp3) is 0.368. The van der Waals surface area contributed by atoms with Crippen LogP contribution in [0.1, 0.15) is 18.7 Å². The second-order valence-corrected chi connectivity index (χ2v) is 6.32. The molecular formula is C19H21N3O2. The number of aromatic nitrogens is 3. The standard InChI is InChI=1S/C19H21N3O2/c1-22-15-11-14(13-6-4-5-7-16(13)23-2)19(24-3)21-18(15)20-17(22)10-12-8-9-12/h4-7,11-12H,8-10H2,1-3H3. The Morgan fingerprint density at radius 3 is 2.58 bits per heavy atom. The van der Waals surface area contributed by atoms with Gasteiger partial charge in [-0.25, -0.2) is 4.98 Å². The van der Waals surface area contributed by atoms with Gasteiger partial charge in [-0.2, -0.15) is 4.98 Å². The lowest BCUT2D eigenvalue weighted by Gasteiger charge is -2.11. The third-order valence-electron chi connectivity index (χ3n) is 4.69. The molecule has 0 aliphatic heterocycles. The van der Waals surface area contributed by atoms with Crippen LogP contribution in [0, 0.1) is 5.92 Å². The number of imidazole rings is 1. The molecule has 3 aromatic rings. The minimum absolute atomic E-state index is 0.572. The third kappa shape index (κ3) is 2.50. The first-order chi connectivity index (χ1) is 11.7. The number of nitrogens with zero attached hydrogens (tertiary/aromatic N) is 3. The number of rotatable bonds is 5. The summed E-state index contributed by atoms with van der Waals surface area (Å²) in [5.41, 5.74) is 3.65. The van der Waals surface area contributed by atoms with Crippen LogP contribution in [0.25, 0.3) is 22.3 Å². The molecule has 1 fully saturated rings. The first-order valence-electron chi connectivity index (χ1n) is 8.25. The van der Waals surface area contributed by atoms with Crippen molar-refractivity contribution in [2.75, 3.05) is 14.2 Å². The fourth-order valence-corrected chi connectivity index (χ4v) is 3.12. The van der Waals surface area contributed by atoms with E-state index >= 15 is 0 Å². The second-order valence-electron chi connectivity index (χ2n) is 6.32. The number of hydrogen-bond donors (Lipinski definition) is 0. The average molecular weight is 323 g/mol. The van der Waals surface area contributed by atoms with Gasteiger partial charge in [0.2, 0.25) is 5.88 Å². The van der Waals surface area contributed by atoms with Gasteiger partial charge >= 0.3 is 0 Å². The van der Waals surface area contributed by atoms with Crippen molar-refractivity contribution >= 4 is 11.2 Å². The minimum Gasteiger partial charge on any atom is -0.496 e. The van der Waals surface area contributed by atoms with Gasteiger partial charge < -0.3 is 14.0 Å². The molecule has 124 valence electrons. The van der Waals surface area contributed by atoms with Crippen molar-refractivity contribution in [2.24, 2.45) is 13.0 Å². The molecule has 0 radical (unpaired) electrons. The maximum atomic E-state index is 5.53. The van der Waals surface area contributed by atoms with E-state index in [1.165, 1.54) is 12.8 Å². The van der Waals surface area contributed by atoms with Crippen LogP contribution in [-0.4, -0.2) is 28.8 Å². The van der Waals surface area contributed by atoms with E-state index in [1.54, 1.807) is 14.2 Å². The van der Waals surface area contributed by atoms with E-state index in [9.17, 15) is 0 Å². The Hall–Kier alpha value is -2.56. The van der Waals surface area contributed by atoms with E-state index in [1.807, 2.05) is 24.3 Å². The van der Waals surface area contributed by atoms with Gasteiger partial charge in [0.1, 0.15) is 11.6 Å². The van der Waals surface area contributed by atoms with E-state index < -0.39 is 0 Å². The fourth-order valence-electron chi connectivity index (χ4n) is 3.12. The molecule has 0 unspecified atom stereocenters. The van der Waals surface area contributed by atoms with Crippen molar-refractivity contribution in [2.45, 2.75) is 19.3 Å². The highest BCUT2D eigenvalue weighted by atomic mass is 16.5. The lowest BCUT2D eigenvalue weighted by molar-refractivity contribution is 0.399. The summed E-state index contributed by atoms with van der Waals surface area (Å²) in [5, 5.41) is 0. The number of benzene rings is 1. The molecule has 0 atom stereocenters. The Morgan fingerprint density at radius 1 is 1.08 bits per heavy atom. The van der Waals surface area contributed by atoms with E-state index in [0.717, 1.165) is 46.2 Å². The summed E-state index contributed by atoms with van der Waals surface area (Å²) in [7, 11) is 5.38. The molecule has 0 spiro atoms. The number of fused-ring (bicyclic) bond motifs is 1. The van der Waals surface area contributed by atoms with Crippen LogP contribution in [-0.2, 0) is 13.5 Å². The Kier molecular flexibility index (Phi) is 3.63. The quantitative estimate of drug-likeness (QED) is 0.720. The first-order valence-corrected chi connectivity index (χ1v) is 8.25. The average Bonchev–Trinajstić information content (AvgIpc) is 3.38. The summed E-state index contributed by atoms with van der Waals surface area (Å²) in [4.78, 5) is 9.36. The Bertz CT molecular complexity index is 897. The number of ether oxygens (including phenoxy) is 2. The lowest BCUT2D eigenvalue weighted by atomic mass is 10.1. The van der Waals surface area contributed by atoms with Crippen molar-refractivity contribution in [3.8, 4) is 22.8 Å². The number of methoxy groups -OCH3 is 2. The van der Waals surface area contributed by atoms with Gasteiger partial charge in [0.15, 0.2) is 5.65 Å². The van der Waals surface area contributed by atoms with Crippen LogP contribution in [0.4, 0.5) is 0 Å². The molecule has 2 heterocycles. The zero-order chi connectivity index (χ0) is 16.7.